The van der Waals surface area contributed by atoms with Crippen LogP contribution in [0.5, 0.6) is 0 Å². The van der Waals surface area contributed by atoms with Crippen molar-refractivity contribution in [2.24, 2.45) is 101 Å². The number of ketones is 1. The molecule has 0 radical (unpaired) electrons. The van der Waals surface area contributed by atoms with Crippen LogP contribution in [0.2, 0.25) is 0 Å². The molecule has 0 aliphatic rings. The van der Waals surface area contributed by atoms with Gasteiger partial charge in [0.15, 0.2) is 5.78 Å². The van der Waals surface area contributed by atoms with Gasteiger partial charge in [0.05, 0.1) is 76.0 Å². The van der Waals surface area contributed by atoms with Crippen molar-refractivity contribution in [1.82, 2.24) is 47.9 Å². The SMILES string of the molecule is CC(C)(C)CCCCCNC(C)(C)C.CC(C)(C)CCCNC(=O)CC[C@H](CC(C)(C)C)C(=O)O.CC(C)(C)CCCNC(=O)[C@H](CCCCN)CC(C)(C)C.CC(C)(C)CCCNC(=O)[C@H](CO)CC(=O)[C@H](CO)NC(C)(C)C.CC(C)(C)CCCNC(=O)[C@H](CO)CC(C)(C)C.CC(C)(C)CCCOCCOCCNC(C)(C)C.CC(C)CCCNC(=O)[C@H](CO)CC(C)(C)C.CC(C)NCCCC(C)(C)C. The first-order chi connectivity index (χ1) is 65.0. The topological polar surface area (TPSA) is 373 Å². The lowest BCUT2D eigenvalue weighted by Crippen LogP contribution is -2.50. The number of carboxylic acid groups (broad SMARTS) is 1. The van der Waals surface area contributed by atoms with Crippen LogP contribution in [0.3, 0.4) is 0 Å². The minimum Gasteiger partial charge on any atom is -0.481 e. The van der Waals surface area contributed by atoms with E-state index in [0.29, 0.717) is 97.6 Å². The number of carboxylic acids is 1. The normalized spacial score (nSPS) is 13.9. The van der Waals surface area contributed by atoms with Crippen molar-refractivity contribution in [2.75, 3.05) is 112 Å². The van der Waals surface area contributed by atoms with E-state index in [1.165, 1.54) is 44.9 Å². The molecule has 0 aliphatic carbocycles. The van der Waals surface area contributed by atoms with Gasteiger partial charge in [-0.2, -0.15) is 0 Å². The quantitative estimate of drug-likeness (QED) is 0.0252. The maximum atomic E-state index is 12.4. The fourth-order valence-corrected chi connectivity index (χ4v) is 15.0. The molecule has 0 heterocycles. The molecule has 0 fully saturated rings. The lowest BCUT2D eigenvalue weighted by molar-refractivity contribution is -0.143. The Kier molecular flexibility index (Phi) is 87.2. The van der Waals surface area contributed by atoms with Gasteiger partial charge < -0.3 is 88.6 Å². The molecule has 0 bridgehead atoms. The molecule has 0 aromatic carbocycles. The molecule has 0 unspecified atom stereocenters. The number of amides is 5. The predicted molar refractivity (Wildman–Crippen MR) is 618 cm³/mol. The Bertz CT molecular complexity index is 3080. The number of nitrogens with one attached hydrogen (secondary N) is 9. The summed E-state index contributed by atoms with van der Waals surface area (Å²) < 4.78 is 11.0. The molecule has 0 saturated heterocycles. The third-order valence-corrected chi connectivity index (χ3v) is 22.6. The molecule has 24 heteroatoms. The molecule has 0 aromatic rings. The number of Topliss-reactive ketones (excluding diaryl/α,β-unsaturated/α-hetero) is 1. The Hall–Kier alpha value is -3.95. The van der Waals surface area contributed by atoms with Gasteiger partial charge >= 0.3 is 5.97 Å². The Labute approximate surface area is 892 Å². The summed E-state index contributed by atoms with van der Waals surface area (Å²) in [6, 6.07) is -0.0947. The average molecular weight is 2060 g/mol. The van der Waals surface area contributed by atoms with Gasteiger partial charge in [-0.05, 0) is 295 Å². The molecule has 16 N–H and O–H groups in total. The zero-order valence-electron chi connectivity index (χ0n) is 104. The lowest BCUT2D eigenvalue weighted by atomic mass is 9.82. The van der Waals surface area contributed by atoms with E-state index >= 15 is 0 Å². The second kappa shape index (κ2) is 80.8. The number of carbonyl (C=O) groups excluding carboxylic acids is 6. The number of aliphatic hydroxyl groups is 4. The average Bonchev–Trinajstić information content (AvgIpc) is 0.881. The molecule has 0 aromatic heterocycles. The van der Waals surface area contributed by atoms with Gasteiger partial charge in [0.25, 0.3) is 0 Å². The largest absolute Gasteiger partial charge is 0.481 e. The Morgan fingerprint density at radius 3 is 0.931 bits per heavy atom. The van der Waals surface area contributed by atoms with Crippen molar-refractivity contribution < 1.29 is 68.6 Å². The van der Waals surface area contributed by atoms with Gasteiger partial charge in [0.2, 0.25) is 29.5 Å². The van der Waals surface area contributed by atoms with Crippen LogP contribution in [0.25, 0.3) is 0 Å². The third kappa shape index (κ3) is 132. The second-order valence-corrected chi connectivity index (χ2v) is 58.1. The van der Waals surface area contributed by atoms with Gasteiger partial charge in [0, 0.05) is 87.3 Å². The summed E-state index contributed by atoms with van der Waals surface area (Å²) in [5, 5.41) is 74.6. The zero-order valence-corrected chi connectivity index (χ0v) is 104. The summed E-state index contributed by atoms with van der Waals surface area (Å²) >= 11 is 0. The first-order valence-electron chi connectivity index (χ1n) is 56.4. The molecule has 5 amide bonds. The number of unbranched alkanes of at least 4 members (excludes halogenated alkanes) is 3. The van der Waals surface area contributed by atoms with E-state index in [1.807, 2.05) is 41.5 Å². The third-order valence-electron chi connectivity index (χ3n) is 22.6. The molecule has 6 atom stereocenters. The number of aliphatic carboxylic acids is 1. The van der Waals surface area contributed by atoms with E-state index in [2.05, 4.69) is 325 Å². The molecule has 866 valence electrons. The molecule has 0 saturated carbocycles. The minimum atomic E-state index is -0.801. The highest BCUT2D eigenvalue weighted by Gasteiger charge is 2.32. The summed E-state index contributed by atoms with van der Waals surface area (Å²) in [5.41, 5.74) is 8.56. The molecule has 0 rings (SSSR count). The number of rotatable bonds is 58. The zero-order chi connectivity index (χ0) is 114. The van der Waals surface area contributed by atoms with Crippen molar-refractivity contribution in [2.45, 2.75) is 527 Å². The van der Waals surface area contributed by atoms with Gasteiger partial charge in [0.1, 0.15) is 0 Å². The van der Waals surface area contributed by atoms with E-state index in [1.54, 1.807) is 0 Å². The number of aliphatic hydroxyl groups excluding tert-OH is 4. The molecular formula is C120H252N10O14. The summed E-state index contributed by atoms with van der Waals surface area (Å²) in [5.74, 6) is -2.16. The Morgan fingerprint density at radius 2 is 0.604 bits per heavy atom. The highest BCUT2D eigenvalue weighted by atomic mass is 16.5. The number of hydrogen-bond donors (Lipinski definition) is 15. The predicted octanol–water partition coefficient (Wildman–Crippen LogP) is 24.8. The van der Waals surface area contributed by atoms with Gasteiger partial charge in [-0.3, -0.25) is 33.6 Å². The number of carbonyl (C=O) groups is 7. The van der Waals surface area contributed by atoms with Crippen molar-refractivity contribution in [3.63, 3.8) is 0 Å². The number of nitrogens with two attached hydrogens (primary N) is 1. The maximum absolute atomic E-state index is 12.4. The first-order valence-corrected chi connectivity index (χ1v) is 56.4. The molecule has 0 spiro atoms. The number of ether oxygens (including phenoxy) is 2. The molecular weight excluding hydrogens is 1810 g/mol. The van der Waals surface area contributed by atoms with E-state index in [0.717, 1.165) is 155 Å². The van der Waals surface area contributed by atoms with Crippen molar-refractivity contribution >= 4 is 41.3 Å². The van der Waals surface area contributed by atoms with Crippen LogP contribution < -0.4 is 53.6 Å². The fraction of sp³-hybridized carbons (Fsp3) is 0.942. The Balaban J connectivity index is -0.000000247. The molecule has 144 heavy (non-hydrogen) atoms. The van der Waals surface area contributed by atoms with Crippen molar-refractivity contribution in [3.8, 4) is 0 Å². The molecule has 24 nitrogen and oxygen atoms in total. The van der Waals surface area contributed by atoms with Crippen molar-refractivity contribution in [1.29, 1.82) is 0 Å². The number of hydrogen-bond acceptors (Lipinski definition) is 18. The van der Waals surface area contributed by atoms with E-state index in [9.17, 15) is 59.1 Å². The van der Waals surface area contributed by atoms with Crippen LogP contribution in [0, 0.1) is 95.1 Å². The van der Waals surface area contributed by atoms with E-state index in [-0.39, 0.29) is 135 Å². The highest BCUT2D eigenvalue weighted by molar-refractivity contribution is 5.90. The summed E-state index contributed by atoms with van der Waals surface area (Å²) in [7, 11) is 0. The monoisotopic (exact) mass is 2060 g/mol. The first kappa shape index (κ1) is 155. The van der Waals surface area contributed by atoms with Crippen LogP contribution in [0.15, 0.2) is 0 Å². The van der Waals surface area contributed by atoms with Gasteiger partial charge in [-0.25, -0.2) is 0 Å². The molecule has 0 aliphatic heterocycles. The Morgan fingerprint density at radius 1 is 0.285 bits per heavy atom. The van der Waals surface area contributed by atoms with Crippen LogP contribution in [0.4, 0.5) is 0 Å². The van der Waals surface area contributed by atoms with E-state index < -0.39 is 23.8 Å². The minimum absolute atomic E-state index is 0.00817. The van der Waals surface area contributed by atoms with Crippen LogP contribution in [-0.2, 0) is 43.0 Å². The van der Waals surface area contributed by atoms with Crippen molar-refractivity contribution in [3.05, 3.63) is 0 Å². The van der Waals surface area contributed by atoms with E-state index in [4.69, 9.17) is 15.2 Å². The van der Waals surface area contributed by atoms with Crippen LogP contribution >= 0.6 is 0 Å². The van der Waals surface area contributed by atoms with Crippen LogP contribution in [-0.4, -0.2) is 207 Å². The van der Waals surface area contributed by atoms with Gasteiger partial charge in [-0.15, -0.1) is 0 Å². The highest BCUT2D eigenvalue weighted by Crippen LogP contribution is 2.32. The maximum Gasteiger partial charge on any atom is 0.306 e. The van der Waals surface area contributed by atoms with Crippen LogP contribution in [0.1, 0.15) is 498 Å². The summed E-state index contributed by atoms with van der Waals surface area (Å²) in [4.78, 5) is 83.5. The summed E-state index contributed by atoms with van der Waals surface area (Å²) in [6.07, 6.45) is 27.2. The second-order valence-electron chi connectivity index (χ2n) is 58.1. The van der Waals surface area contributed by atoms with Gasteiger partial charge in [-0.1, -0.05) is 275 Å². The standard InChI is InChI=1S/C18H36N2O4.C18H38N2O.C17H33NO3.C15H33NO2.C15H31NO2.C14H29NO2.C13H29N.C10H23N/c1-17(2,3)8-7-9-19-16(24)13(11-21)10-15(23)14(12-22)20-18(4,5)6;1-17(2,3)11-9-13-20-16(21)15(10-7-8-12-19)14-18(4,5)6;1-16(2,3)10-7-11-18-14(19)9-8-13(15(20)21)12-17(4,5)6;1-14(2,3)8-7-10-17-12-13-18-11-9-16-15(4,5)6;1-14(2,3)8-7-9-16-13(18)12(11-17)10-15(4,5)6;1-11(2)7-6-8-15-13(17)12(10-16)9-14(3,4)5;1-12(2,3)10-8-7-9-11-14-13(4,5)6;1-9(2)11-8-6-7-10(3,4)5/h13-14,20-22H,7-12H2,1-6H3,(H,19,24);15H,7-14,19H2,1-6H3,(H,20,21);13H,7-12H2,1-6H3,(H,18,19)(H,20,21);16H,7-13H2,1-6H3;12,17H,7-11H2,1-6H3,(H,16,18);11-12,16H,6-10H2,1-5H3,(H,15,17);14H,7-11H2,1-6H3;9,11H,6-8H2,1-5H3/t13-,14-;15-;13-;;2*12-;;/m011.00../s1. The fourth-order valence-electron chi connectivity index (χ4n) is 15.0. The summed E-state index contributed by atoms with van der Waals surface area (Å²) in [6.45, 7) is 109. The lowest BCUT2D eigenvalue weighted by Gasteiger charge is -2.27. The smallest absolute Gasteiger partial charge is 0.306 e.